The highest BCUT2D eigenvalue weighted by Gasteiger charge is 2.13. The molecule has 0 aliphatic rings. The number of nitrogens with one attached hydrogen (secondary N) is 2. The fourth-order valence-electron chi connectivity index (χ4n) is 1.97. The number of urea groups is 1. The van der Waals surface area contributed by atoms with Crippen LogP contribution >= 0.6 is 11.8 Å². The number of para-hydroxylation sites is 1. The summed E-state index contributed by atoms with van der Waals surface area (Å²) in [7, 11) is 0. The molecule has 0 aliphatic carbocycles. The van der Waals surface area contributed by atoms with Crippen LogP contribution in [0.5, 0.6) is 0 Å². The number of carbonyl (C=O) groups excluding carboxylic acids is 2. The average molecular weight is 372 g/mol. The number of rotatable bonds is 5. The van der Waals surface area contributed by atoms with Crippen LogP contribution in [-0.2, 0) is 4.79 Å². The molecule has 0 saturated carbocycles. The van der Waals surface area contributed by atoms with Crippen LogP contribution in [0.2, 0.25) is 0 Å². The van der Waals surface area contributed by atoms with Gasteiger partial charge in [0.15, 0.2) is 0 Å². The Morgan fingerprint density at radius 3 is 2.54 bits per heavy atom. The molecule has 3 rings (SSSR count). The summed E-state index contributed by atoms with van der Waals surface area (Å²) >= 11 is 0.989. The summed E-state index contributed by atoms with van der Waals surface area (Å²) in [5, 5.41) is 12.3. The molecule has 0 fully saturated rings. The molecular formula is C17H13FN4O3S. The lowest BCUT2D eigenvalue weighted by Gasteiger charge is -2.06. The van der Waals surface area contributed by atoms with Crippen molar-refractivity contribution in [3.63, 3.8) is 0 Å². The fraction of sp³-hybridized carbons (Fsp3) is 0.0588. The van der Waals surface area contributed by atoms with Gasteiger partial charge in [-0.2, -0.15) is 0 Å². The first-order chi connectivity index (χ1) is 12.6. The topological polar surface area (TPSA) is 97.1 Å². The number of carbonyl (C=O) groups is 2. The number of nitrogens with zero attached hydrogens (tertiary/aromatic N) is 2. The predicted octanol–water partition coefficient (Wildman–Crippen LogP) is 3.32. The molecule has 0 radical (unpaired) electrons. The van der Waals surface area contributed by atoms with Gasteiger partial charge in [0.2, 0.25) is 11.8 Å². The lowest BCUT2D eigenvalue weighted by atomic mass is 10.2. The van der Waals surface area contributed by atoms with Crippen LogP contribution in [0, 0.1) is 5.82 Å². The van der Waals surface area contributed by atoms with E-state index in [2.05, 4.69) is 20.8 Å². The number of imide groups is 1. The molecule has 0 aliphatic heterocycles. The van der Waals surface area contributed by atoms with Crippen LogP contribution in [0.3, 0.4) is 0 Å². The van der Waals surface area contributed by atoms with E-state index in [0.29, 0.717) is 5.89 Å². The molecule has 0 spiro atoms. The number of amides is 3. The molecule has 1 aromatic heterocycles. The van der Waals surface area contributed by atoms with Gasteiger partial charge in [0.25, 0.3) is 5.22 Å². The van der Waals surface area contributed by atoms with Crippen molar-refractivity contribution in [3.05, 3.63) is 60.4 Å². The summed E-state index contributed by atoms with van der Waals surface area (Å²) in [5.74, 6) is -0.945. The molecule has 132 valence electrons. The molecule has 0 bridgehead atoms. The van der Waals surface area contributed by atoms with Crippen molar-refractivity contribution in [3.8, 4) is 11.5 Å². The van der Waals surface area contributed by atoms with Crippen LogP contribution in [0.25, 0.3) is 11.5 Å². The Kier molecular flexibility index (Phi) is 5.59. The molecule has 2 N–H and O–H groups in total. The minimum Gasteiger partial charge on any atom is -0.411 e. The third-order valence-electron chi connectivity index (χ3n) is 3.13. The summed E-state index contributed by atoms with van der Waals surface area (Å²) in [4.78, 5) is 23.5. The molecule has 7 nitrogen and oxygen atoms in total. The number of benzene rings is 2. The zero-order chi connectivity index (χ0) is 18.4. The summed E-state index contributed by atoms with van der Waals surface area (Å²) in [5.41, 5.74) is 0.746. The van der Waals surface area contributed by atoms with E-state index in [4.69, 9.17) is 4.42 Å². The highest BCUT2D eigenvalue weighted by atomic mass is 32.2. The molecule has 3 aromatic rings. The van der Waals surface area contributed by atoms with Crippen LogP contribution in [0.4, 0.5) is 14.9 Å². The summed E-state index contributed by atoms with van der Waals surface area (Å²) < 4.78 is 18.9. The van der Waals surface area contributed by atoms with Gasteiger partial charge in [0, 0.05) is 5.56 Å². The van der Waals surface area contributed by atoms with E-state index in [1.807, 2.05) is 30.3 Å². The Balaban J connectivity index is 1.49. The zero-order valence-electron chi connectivity index (χ0n) is 13.3. The van der Waals surface area contributed by atoms with E-state index in [-0.39, 0.29) is 16.7 Å². The minimum atomic E-state index is -0.823. The Labute approximate surface area is 152 Å². The van der Waals surface area contributed by atoms with Gasteiger partial charge in [-0.25, -0.2) is 9.18 Å². The average Bonchev–Trinajstić information content (AvgIpc) is 3.12. The Morgan fingerprint density at radius 1 is 1.04 bits per heavy atom. The predicted molar refractivity (Wildman–Crippen MR) is 94.0 cm³/mol. The van der Waals surface area contributed by atoms with E-state index in [0.717, 1.165) is 17.3 Å². The van der Waals surface area contributed by atoms with E-state index >= 15 is 0 Å². The molecule has 9 heteroatoms. The standard InChI is InChI=1S/C17H13FN4O3S/c18-12-8-4-5-9-13(12)19-16(24)20-14(23)10-26-17-22-21-15(25-17)11-6-2-1-3-7-11/h1-9H,10H2,(H2,19,20,23,24). The smallest absolute Gasteiger partial charge is 0.325 e. The first kappa shape index (κ1) is 17.6. The summed E-state index contributed by atoms with van der Waals surface area (Å²) in [6, 6.07) is 14.0. The Bertz CT molecular complexity index is 917. The highest BCUT2D eigenvalue weighted by molar-refractivity contribution is 7.99. The van der Waals surface area contributed by atoms with E-state index < -0.39 is 17.8 Å². The van der Waals surface area contributed by atoms with Crippen molar-refractivity contribution >= 4 is 29.4 Å². The summed E-state index contributed by atoms with van der Waals surface area (Å²) in [6.45, 7) is 0. The third-order valence-corrected chi connectivity index (χ3v) is 3.95. The SMILES string of the molecule is O=C(CSc1nnc(-c2ccccc2)o1)NC(=O)Nc1ccccc1F. The van der Waals surface area contributed by atoms with Crippen LogP contribution in [0.15, 0.2) is 64.2 Å². The van der Waals surface area contributed by atoms with E-state index in [1.54, 1.807) is 6.07 Å². The number of thioether (sulfide) groups is 1. The van der Waals surface area contributed by atoms with Gasteiger partial charge in [0.05, 0.1) is 11.4 Å². The van der Waals surface area contributed by atoms with Crippen molar-refractivity contribution in [2.45, 2.75) is 5.22 Å². The van der Waals surface area contributed by atoms with E-state index in [9.17, 15) is 14.0 Å². The maximum atomic E-state index is 13.4. The Hall–Kier alpha value is -3.20. The molecule has 1 heterocycles. The maximum Gasteiger partial charge on any atom is 0.325 e. The van der Waals surface area contributed by atoms with Crippen LogP contribution in [0.1, 0.15) is 0 Å². The zero-order valence-corrected chi connectivity index (χ0v) is 14.1. The van der Waals surface area contributed by atoms with Crippen LogP contribution in [-0.4, -0.2) is 27.9 Å². The van der Waals surface area contributed by atoms with Gasteiger partial charge in [-0.15, -0.1) is 10.2 Å². The van der Waals surface area contributed by atoms with Crippen molar-refractivity contribution in [1.29, 1.82) is 0 Å². The normalized spacial score (nSPS) is 10.3. The molecule has 0 saturated heterocycles. The van der Waals surface area contributed by atoms with Gasteiger partial charge in [-0.1, -0.05) is 42.1 Å². The lowest BCUT2D eigenvalue weighted by molar-refractivity contribution is -0.117. The number of hydrogen-bond donors (Lipinski definition) is 2. The molecular weight excluding hydrogens is 359 g/mol. The third kappa shape index (κ3) is 4.67. The van der Waals surface area contributed by atoms with Crippen molar-refractivity contribution in [2.75, 3.05) is 11.1 Å². The number of hydrogen-bond acceptors (Lipinski definition) is 6. The second-order valence-electron chi connectivity index (χ2n) is 5.01. The molecule has 0 atom stereocenters. The first-order valence-electron chi connectivity index (χ1n) is 7.49. The van der Waals surface area contributed by atoms with Crippen molar-refractivity contribution < 1.29 is 18.4 Å². The Morgan fingerprint density at radius 2 is 1.77 bits per heavy atom. The quantitative estimate of drug-likeness (QED) is 0.667. The number of halogens is 1. The van der Waals surface area contributed by atoms with Crippen molar-refractivity contribution in [1.82, 2.24) is 15.5 Å². The molecule has 26 heavy (non-hydrogen) atoms. The van der Waals surface area contributed by atoms with Crippen molar-refractivity contribution in [2.24, 2.45) is 0 Å². The largest absolute Gasteiger partial charge is 0.411 e. The molecule has 0 unspecified atom stereocenters. The maximum absolute atomic E-state index is 13.4. The van der Waals surface area contributed by atoms with Gasteiger partial charge in [0.1, 0.15) is 5.82 Å². The lowest BCUT2D eigenvalue weighted by Crippen LogP contribution is -2.35. The number of anilines is 1. The van der Waals surface area contributed by atoms with Gasteiger partial charge in [-0.05, 0) is 24.3 Å². The van der Waals surface area contributed by atoms with Gasteiger partial charge >= 0.3 is 6.03 Å². The second kappa shape index (κ2) is 8.26. The van der Waals surface area contributed by atoms with Crippen LogP contribution < -0.4 is 10.6 Å². The summed E-state index contributed by atoms with van der Waals surface area (Å²) in [6.07, 6.45) is 0. The van der Waals surface area contributed by atoms with E-state index in [1.165, 1.54) is 18.2 Å². The molecule has 2 aromatic carbocycles. The number of aromatic nitrogens is 2. The minimum absolute atomic E-state index is 0.0187. The van der Waals surface area contributed by atoms with Gasteiger partial charge < -0.3 is 9.73 Å². The van der Waals surface area contributed by atoms with Gasteiger partial charge in [-0.3, -0.25) is 10.1 Å². The second-order valence-corrected chi connectivity index (χ2v) is 5.94. The molecule has 3 amide bonds. The highest BCUT2D eigenvalue weighted by Crippen LogP contribution is 2.22. The first-order valence-corrected chi connectivity index (χ1v) is 8.47. The fourth-order valence-corrected chi connectivity index (χ4v) is 2.53. The monoisotopic (exact) mass is 372 g/mol.